The van der Waals surface area contributed by atoms with Gasteiger partial charge in [0.25, 0.3) is 0 Å². The third-order valence-corrected chi connectivity index (χ3v) is 7.78. The molecule has 0 aromatic heterocycles. The highest BCUT2D eigenvalue weighted by Gasteiger charge is 2.19. The van der Waals surface area contributed by atoms with Gasteiger partial charge in [0, 0.05) is 0 Å². The van der Waals surface area contributed by atoms with Crippen molar-refractivity contribution in [3.63, 3.8) is 0 Å². The third kappa shape index (κ3) is 2.70. The molecule has 0 aliphatic heterocycles. The Hall–Kier alpha value is -4.68. The number of hydrogen-bond acceptors (Lipinski definition) is 0. The number of rotatable bonds is 0. The second kappa shape index (κ2) is 7.41. The Morgan fingerprint density at radius 1 is 0.250 bits per heavy atom. The highest BCUT2D eigenvalue weighted by molar-refractivity contribution is 6.28. The van der Waals surface area contributed by atoms with E-state index in [-0.39, 0.29) is 0 Å². The summed E-state index contributed by atoms with van der Waals surface area (Å²) >= 11 is 0. The molecule has 0 heterocycles. The SMILES string of the molecule is c1ccc2c(c1)-c1cccc3cccc-2c13.c1ccc2c(c1)cc1ccc3cccc4ccc2c1c34. The van der Waals surface area contributed by atoms with Crippen LogP contribution in [0.5, 0.6) is 0 Å². The molecule has 9 rings (SSSR count). The van der Waals surface area contributed by atoms with Crippen molar-refractivity contribution in [3.8, 4) is 22.3 Å². The fraction of sp³-hybridized carbons (Fsp3) is 0. The van der Waals surface area contributed by atoms with Crippen LogP contribution in [0.2, 0.25) is 0 Å². The Morgan fingerprint density at radius 3 is 1.47 bits per heavy atom. The van der Waals surface area contributed by atoms with Crippen LogP contribution in [0.1, 0.15) is 0 Å². The van der Waals surface area contributed by atoms with Crippen LogP contribution in [0.25, 0.3) is 76.1 Å². The monoisotopic (exact) mass is 454 g/mol. The van der Waals surface area contributed by atoms with Gasteiger partial charge in [0.1, 0.15) is 0 Å². The van der Waals surface area contributed by atoms with E-state index < -0.39 is 0 Å². The lowest BCUT2D eigenvalue weighted by molar-refractivity contribution is 1.70. The first kappa shape index (κ1) is 19.6. The first-order chi connectivity index (χ1) is 17.9. The molecule has 0 N–H and O–H groups in total. The molecule has 0 radical (unpaired) electrons. The standard InChI is InChI=1S/C20H12.C16H10/c1-2-7-17-15(4-1)12-16-9-8-13-5-3-6-14-10-11-18(17)20(16)19(13)14;1-2-8-13-12(7-1)14-9-3-5-11-6-4-10-15(13)16(11)14/h1-12H;1-10H. The van der Waals surface area contributed by atoms with Gasteiger partial charge in [-0.25, -0.2) is 0 Å². The summed E-state index contributed by atoms with van der Waals surface area (Å²) in [6.07, 6.45) is 0. The lowest BCUT2D eigenvalue weighted by Gasteiger charge is -2.12. The normalized spacial score (nSPS) is 11.9. The highest BCUT2D eigenvalue weighted by atomic mass is 14.2. The second-order valence-corrected chi connectivity index (χ2v) is 9.71. The fourth-order valence-electron chi connectivity index (χ4n) is 6.23. The summed E-state index contributed by atoms with van der Waals surface area (Å²) in [4.78, 5) is 0. The molecular formula is C36H22. The molecule has 1 aliphatic rings. The smallest absolute Gasteiger partial charge is 0.00204 e. The van der Waals surface area contributed by atoms with Gasteiger partial charge < -0.3 is 0 Å². The van der Waals surface area contributed by atoms with Crippen molar-refractivity contribution in [2.24, 2.45) is 0 Å². The van der Waals surface area contributed by atoms with Crippen molar-refractivity contribution in [1.82, 2.24) is 0 Å². The van der Waals surface area contributed by atoms with Gasteiger partial charge in [0.15, 0.2) is 0 Å². The Morgan fingerprint density at radius 2 is 0.750 bits per heavy atom. The van der Waals surface area contributed by atoms with E-state index in [1.54, 1.807) is 0 Å². The summed E-state index contributed by atoms with van der Waals surface area (Å²) in [5.41, 5.74) is 5.50. The molecule has 0 fully saturated rings. The third-order valence-electron chi connectivity index (χ3n) is 7.78. The molecule has 166 valence electrons. The van der Waals surface area contributed by atoms with Crippen LogP contribution in [-0.4, -0.2) is 0 Å². The van der Waals surface area contributed by atoms with E-state index in [2.05, 4.69) is 133 Å². The van der Waals surface area contributed by atoms with E-state index in [4.69, 9.17) is 0 Å². The maximum Gasteiger partial charge on any atom is -0.00204 e. The zero-order valence-corrected chi connectivity index (χ0v) is 19.7. The van der Waals surface area contributed by atoms with Gasteiger partial charge in [0.05, 0.1) is 0 Å². The topological polar surface area (TPSA) is 0 Å². The Balaban J connectivity index is 0.000000117. The molecule has 0 amide bonds. The van der Waals surface area contributed by atoms with Gasteiger partial charge in [-0.3, -0.25) is 0 Å². The molecule has 36 heavy (non-hydrogen) atoms. The summed E-state index contributed by atoms with van der Waals surface area (Å²) in [6, 6.07) is 48.3. The van der Waals surface area contributed by atoms with Crippen LogP contribution < -0.4 is 0 Å². The summed E-state index contributed by atoms with van der Waals surface area (Å²) in [5, 5.41) is 13.6. The van der Waals surface area contributed by atoms with Gasteiger partial charge in [-0.1, -0.05) is 127 Å². The van der Waals surface area contributed by atoms with Crippen LogP contribution in [0.4, 0.5) is 0 Å². The molecule has 0 saturated carbocycles. The van der Waals surface area contributed by atoms with Crippen molar-refractivity contribution >= 4 is 53.9 Å². The summed E-state index contributed by atoms with van der Waals surface area (Å²) in [7, 11) is 0. The van der Waals surface area contributed by atoms with E-state index in [9.17, 15) is 0 Å². The van der Waals surface area contributed by atoms with Crippen molar-refractivity contribution in [2.75, 3.05) is 0 Å². The van der Waals surface area contributed by atoms with E-state index in [1.807, 2.05) is 0 Å². The van der Waals surface area contributed by atoms with E-state index in [1.165, 1.54) is 76.1 Å². The van der Waals surface area contributed by atoms with Gasteiger partial charge in [-0.05, 0) is 82.2 Å². The highest BCUT2D eigenvalue weighted by Crippen LogP contribution is 2.46. The van der Waals surface area contributed by atoms with Crippen LogP contribution in [-0.2, 0) is 0 Å². The number of benzene rings is 8. The van der Waals surface area contributed by atoms with Gasteiger partial charge in [-0.2, -0.15) is 0 Å². The number of fused-ring (bicyclic) bond motifs is 5. The number of hydrogen-bond donors (Lipinski definition) is 0. The molecule has 1 aliphatic carbocycles. The van der Waals surface area contributed by atoms with Crippen LogP contribution in [0.3, 0.4) is 0 Å². The van der Waals surface area contributed by atoms with Gasteiger partial charge in [-0.15, -0.1) is 0 Å². The molecule has 0 atom stereocenters. The molecule has 0 spiro atoms. The van der Waals surface area contributed by atoms with Crippen molar-refractivity contribution in [1.29, 1.82) is 0 Å². The summed E-state index contributed by atoms with van der Waals surface area (Å²) < 4.78 is 0. The maximum absolute atomic E-state index is 2.31. The van der Waals surface area contributed by atoms with Crippen molar-refractivity contribution < 1.29 is 0 Å². The molecular weight excluding hydrogens is 432 g/mol. The molecule has 0 bridgehead atoms. The maximum atomic E-state index is 2.31. The average Bonchev–Trinajstić information content (AvgIpc) is 3.27. The van der Waals surface area contributed by atoms with E-state index in [0.29, 0.717) is 0 Å². The first-order valence-electron chi connectivity index (χ1n) is 12.5. The summed E-state index contributed by atoms with van der Waals surface area (Å²) in [5.74, 6) is 0. The minimum Gasteiger partial charge on any atom is -0.0616 e. The molecule has 0 unspecified atom stereocenters. The average molecular weight is 455 g/mol. The molecule has 0 nitrogen and oxygen atoms in total. The van der Waals surface area contributed by atoms with Crippen molar-refractivity contribution in [2.45, 2.75) is 0 Å². The second-order valence-electron chi connectivity index (χ2n) is 9.71. The van der Waals surface area contributed by atoms with E-state index in [0.717, 1.165) is 0 Å². The fourth-order valence-corrected chi connectivity index (χ4v) is 6.23. The van der Waals surface area contributed by atoms with Crippen LogP contribution in [0.15, 0.2) is 133 Å². The largest absolute Gasteiger partial charge is 0.0616 e. The Kier molecular flexibility index (Phi) is 4.03. The van der Waals surface area contributed by atoms with Crippen molar-refractivity contribution in [3.05, 3.63) is 133 Å². The predicted molar refractivity (Wildman–Crippen MR) is 156 cm³/mol. The van der Waals surface area contributed by atoms with E-state index >= 15 is 0 Å². The quantitative estimate of drug-likeness (QED) is 0.158. The summed E-state index contributed by atoms with van der Waals surface area (Å²) in [6.45, 7) is 0. The van der Waals surface area contributed by atoms with Crippen LogP contribution in [0, 0.1) is 0 Å². The first-order valence-corrected chi connectivity index (χ1v) is 12.5. The molecule has 0 heteroatoms. The lowest BCUT2D eigenvalue weighted by Crippen LogP contribution is -1.85. The predicted octanol–water partition coefficient (Wildman–Crippen LogP) is 10.2. The molecule has 8 aromatic rings. The Bertz CT molecular complexity index is 2020. The van der Waals surface area contributed by atoms with Gasteiger partial charge in [0.2, 0.25) is 0 Å². The minimum absolute atomic E-state index is 1.32. The van der Waals surface area contributed by atoms with Gasteiger partial charge >= 0.3 is 0 Å². The minimum atomic E-state index is 1.32. The Labute approximate surface area is 209 Å². The van der Waals surface area contributed by atoms with Crippen LogP contribution >= 0.6 is 0 Å². The molecule has 0 saturated heterocycles. The molecule has 8 aromatic carbocycles. The zero-order chi connectivity index (χ0) is 23.6. The lowest BCUT2D eigenvalue weighted by atomic mass is 9.91. The zero-order valence-electron chi connectivity index (χ0n) is 19.7.